The summed E-state index contributed by atoms with van der Waals surface area (Å²) >= 11 is 6.09. The van der Waals surface area contributed by atoms with Gasteiger partial charge in [-0.15, -0.1) is 0 Å². The molecule has 27 heavy (non-hydrogen) atoms. The van der Waals surface area contributed by atoms with E-state index in [1.165, 1.54) is 0 Å². The Morgan fingerprint density at radius 1 is 1.19 bits per heavy atom. The number of rotatable bonds is 5. The third-order valence-corrected chi connectivity index (χ3v) is 5.25. The van der Waals surface area contributed by atoms with Crippen LogP contribution in [0, 0.1) is 20.8 Å². The monoisotopic (exact) mass is 384 g/mol. The summed E-state index contributed by atoms with van der Waals surface area (Å²) in [4.78, 5) is 17.6. The number of nitrogens with one attached hydrogen (secondary N) is 1. The first-order valence-electron chi connectivity index (χ1n) is 9.27. The molecule has 0 saturated carbocycles. The highest BCUT2D eigenvalue weighted by Gasteiger charge is 2.22. The van der Waals surface area contributed by atoms with Gasteiger partial charge in [0, 0.05) is 28.2 Å². The molecule has 1 aromatic carbocycles. The molecule has 0 bridgehead atoms. The molecule has 3 aromatic rings. The smallest absolute Gasteiger partial charge is 0.253 e. The maximum Gasteiger partial charge on any atom is 0.253 e. The van der Waals surface area contributed by atoms with Crippen LogP contribution < -0.4 is 5.32 Å². The zero-order valence-corrected chi connectivity index (χ0v) is 17.2. The van der Waals surface area contributed by atoms with Crippen molar-refractivity contribution >= 4 is 28.4 Å². The highest BCUT2D eigenvalue weighted by Crippen LogP contribution is 2.26. The van der Waals surface area contributed by atoms with Crippen molar-refractivity contribution in [2.24, 2.45) is 0 Å². The summed E-state index contributed by atoms with van der Waals surface area (Å²) in [6, 6.07) is 7.28. The van der Waals surface area contributed by atoms with Crippen LogP contribution in [-0.4, -0.2) is 20.7 Å². The van der Waals surface area contributed by atoms with Crippen LogP contribution in [0.5, 0.6) is 0 Å². The predicted octanol–water partition coefficient (Wildman–Crippen LogP) is 4.91. The number of carbonyl (C=O) groups is 1. The third kappa shape index (κ3) is 3.69. The van der Waals surface area contributed by atoms with Gasteiger partial charge in [0.1, 0.15) is 0 Å². The summed E-state index contributed by atoms with van der Waals surface area (Å²) in [7, 11) is 0. The van der Waals surface area contributed by atoms with Gasteiger partial charge in [0.25, 0.3) is 5.91 Å². The molecule has 6 heteroatoms. The molecule has 0 aliphatic carbocycles. The number of aromatic nitrogens is 3. The zero-order valence-electron chi connectivity index (χ0n) is 16.4. The average Bonchev–Trinajstić information content (AvgIpc) is 2.93. The lowest BCUT2D eigenvalue weighted by atomic mass is 10.0. The summed E-state index contributed by atoms with van der Waals surface area (Å²) in [5.41, 5.74) is 5.26. The Morgan fingerprint density at radius 2 is 1.93 bits per heavy atom. The molecule has 2 aromatic heterocycles. The molecule has 1 N–H and O–H groups in total. The quantitative estimate of drug-likeness (QED) is 0.679. The molecule has 1 atom stereocenters. The van der Waals surface area contributed by atoms with Crippen molar-refractivity contribution in [3.8, 4) is 0 Å². The van der Waals surface area contributed by atoms with Gasteiger partial charge in [-0.05, 0) is 58.4 Å². The van der Waals surface area contributed by atoms with Crippen molar-refractivity contribution in [1.82, 2.24) is 20.1 Å². The second-order valence-electron chi connectivity index (χ2n) is 6.79. The van der Waals surface area contributed by atoms with Crippen molar-refractivity contribution < 1.29 is 4.79 Å². The van der Waals surface area contributed by atoms with E-state index >= 15 is 0 Å². The molecule has 5 nitrogen and oxygen atoms in total. The van der Waals surface area contributed by atoms with E-state index in [1.54, 1.807) is 6.07 Å². The molecule has 0 spiro atoms. The molecular weight excluding hydrogens is 360 g/mol. The number of aryl methyl sites for hydroxylation is 3. The van der Waals surface area contributed by atoms with Crippen molar-refractivity contribution in [2.45, 2.75) is 53.6 Å². The molecular formula is C21H25ClN4O. The Labute approximate surface area is 164 Å². The largest absolute Gasteiger partial charge is 0.345 e. The van der Waals surface area contributed by atoms with Gasteiger partial charge < -0.3 is 5.32 Å². The van der Waals surface area contributed by atoms with Crippen molar-refractivity contribution in [3.05, 3.63) is 57.5 Å². The van der Waals surface area contributed by atoms with Crippen LogP contribution in [0.15, 0.2) is 24.3 Å². The number of amides is 1. The molecule has 1 unspecified atom stereocenters. The Morgan fingerprint density at radius 3 is 2.56 bits per heavy atom. The maximum atomic E-state index is 13.0. The topological polar surface area (TPSA) is 59.8 Å². The number of nitrogens with zero attached hydrogens (tertiary/aromatic N) is 3. The normalized spacial score (nSPS) is 12.4. The molecule has 0 aliphatic heterocycles. The minimum Gasteiger partial charge on any atom is -0.345 e. The number of benzene rings is 1. The lowest BCUT2D eigenvalue weighted by molar-refractivity contribution is 0.0934. The number of pyridine rings is 1. The van der Waals surface area contributed by atoms with E-state index in [0.29, 0.717) is 16.3 Å². The number of hydrogen-bond acceptors (Lipinski definition) is 3. The van der Waals surface area contributed by atoms with Crippen molar-refractivity contribution in [1.29, 1.82) is 0 Å². The Bertz CT molecular complexity index is 1010. The minimum atomic E-state index is -0.128. The van der Waals surface area contributed by atoms with Gasteiger partial charge in [-0.2, -0.15) is 5.10 Å². The first kappa shape index (κ1) is 19.4. The first-order chi connectivity index (χ1) is 12.8. The van der Waals surface area contributed by atoms with E-state index in [0.717, 1.165) is 40.8 Å². The van der Waals surface area contributed by atoms with Gasteiger partial charge in [-0.3, -0.25) is 14.5 Å². The average molecular weight is 385 g/mol. The summed E-state index contributed by atoms with van der Waals surface area (Å²) < 4.78 is 1.98. The maximum absolute atomic E-state index is 13.0. The summed E-state index contributed by atoms with van der Waals surface area (Å²) in [6.45, 7) is 10.9. The fourth-order valence-electron chi connectivity index (χ4n) is 3.61. The number of hydrogen-bond donors (Lipinski definition) is 1. The lowest BCUT2D eigenvalue weighted by Gasteiger charge is -2.19. The standard InChI is InChI=1S/C21H25ClN4O/c1-6-18(20-13(4)25-26(7-2)14(20)5)24-21(27)17-11-15-10-16(22)8-9-19(15)23-12(17)3/h8-11,18H,6-7H2,1-5H3,(H,24,27). The zero-order chi connectivity index (χ0) is 19.7. The second kappa shape index (κ2) is 7.69. The van der Waals surface area contributed by atoms with Crippen molar-refractivity contribution in [3.63, 3.8) is 0 Å². The highest BCUT2D eigenvalue weighted by atomic mass is 35.5. The molecule has 0 saturated heterocycles. The Hall–Kier alpha value is -2.40. The van der Waals surface area contributed by atoms with Crippen LogP contribution in [0.4, 0.5) is 0 Å². The number of halogens is 1. The van der Waals surface area contributed by atoms with E-state index in [1.807, 2.05) is 36.7 Å². The van der Waals surface area contributed by atoms with Crippen LogP contribution in [0.1, 0.15) is 59.3 Å². The van der Waals surface area contributed by atoms with Gasteiger partial charge in [0.2, 0.25) is 0 Å². The number of carbonyl (C=O) groups excluding carboxylic acids is 1. The summed E-state index contributed by atoms with van der Waals surface area (Å²) in [5.74, 6) is -0.128. The van der Waals surface area contributed by atoms with Crippen LogP contribution in [0.3, 0.4) is 0 Å². The van der Waals surface area contributed by atoms with Crippen molar-refractivity contribution in [2.75, 3.05) is 0 Å². The van der Waals surface area contributed by atoms with Gasteiger partial charge in [-0.1, -0.05) is 18.5 Å². The fourth-order valence-corrected chi connectivity index (χ4v) is 3.79. The Balaban J connectivity index is 1.95. The molecule has 1 amide bonds. The molecule has 0 aliphatic rings. The van der Waals surface area contributed by atoms with Crippen LogP contribution in [0.2, 0.25) is 5.02 Å². The van der Waals surface area contributed by atoms with E-state index < -0.39 is 0 Å². The van der Waals surface area contributed by atoms with E-state index in [-0.39, 0.29) is 11.9 Å². The van der Waals surface area contributed by atoms with Crippen LogP contribution in [0.25, 0.3) is 10.9 Å². The van der Waals surface area contributed by atoms with Crippen LogP contribution in [-0.2, 0) is 6.54 Å². The molecule has 0 fully saturated rings. The lowest BCUT2D eigenvalue weighted by Crippen LogP contribution is -2.29. The summed E-state index contributed by atoms with van der Waals surface area (Å²) in [5, 5.41) is 9.24. The third-order valence-electron chi connectivity index (χ3n) is 5.01. The second-order valence-corrected chi connectivity index (χ2v) is 7.23. The van der Waals surface area contributed by atoms with E-state index in [2.05, 4.69) is 36.2 Å². The first-order valence-corrected chi connectivity index (χ1v) is 9.65. The van der Waals surface area contributed by atoms with Crippen LogP contribution >= 0.6 is 11.6 Å². The summed E-state index contributed by atoms with van der Waals surface area (Å²) in [6.07, 6.45) is 0.786. The molecule has 0 radical (unpaired) electrons. The minimum absolute atomic E-state index is 0.0905. The fraction of sp³-hybridized carbons (Fsp3) is 0.381. The van der Waals surface area contributed by atoms with Gasteiger partial charge in [0.15, 0.2) is 0 Å². The van der Waals surface area contributed by atoms with Gasteiger partial charge in [-0.25, -0.2) is 0 Å². The molecule has 2 heterocycles. The molecule has 142 valence electrons. The van der Waals surface area contributed by atoms with Gasteiger partial charge >= 0.3 is 0 Å². The SMILES string of the molecule is CCC(NC(=O)c1cc2cc(Cl)ccc2nc1C)c1c(C)nn(CC)c1C. The number of fused-ring (bicyclic) bond motifs is 1. The highest BCUT2D eigenvalue weighted by molar-refractivity contribution is 6.31. The predicted molar refractivity (Wildman–Crippen MR) is 109 cm³/mol. The Kier molecular flexibility index (Phi) is 5.51. The van der Waals surface area contributed by atoms with E-state index in [4.69, 9.17) is 11.6 Å². The van der Waals surface area contributed by atoms with Gasteiger partial charge in [0.05, 0.1) is 28.5 Å². The van der Waals surface area contributed by atoms with E-state index in [9.17, 15) is 4.79 Å². The molecule has 3 rings (SSSR count).